The van der Waals surface area contributed by atoms with Crippen molar-refractivity contribution in [1.82, 2.24) is 0 Å². The van der Waals surface area contributed by atoms with Crippen LogP contribution in [0.4, 0.5) is 0 Å². The number of nitrogens with one attached hydrogen (secondary N) is 2. The number of hydrogen-bond acceptors (Lipinski definition) is 2. The maximum atomic E-state index is 4.11. The number of halogens is 2. The number of hydrogen-bond donors (Lipinski definition) is 2. The van der Waals surface area contributed by atoms with Gasteiger partial charge in [-0.1, -0.05) is 165 Å². The van der Waals surface area contributed by atoms with Gasteiger partial charge < -0.3 is 34.0 Å². The van der Waals surface area contributed by atoms with Gasteiger partial charge in [-0.15, -0.1) is 0 Å². The average Bonchev–Trinajstić information content (AvgIpc) is 3.80. The quantitative estimate of drug-likeness (QED) is 0.0749. The molecule has 0 bridgehead atoms. The van der Waals surface area contributed by atoms with Gasteiger partial charge in [0, 0.05) is 0 Å². The molecule has 48 heavy (non-hydrogen) atoms. The topological polar surface area (TPSA) is 33.6 Å². The minimum Gasteiger partial charge on any atom is -1.00 e. The molecule has 2 aliphatic heterocycles. The minimum atomic E-state index is 0. The van der Waals surface area contributed by atoms with Crippen molar-refractivity contribution in [3.05, 3.63) is 74.4 Å². The lowest BCUT2D eigenvalue weighted by Gasteiger charge is -2.05. The van der Waals surface area contributed by atoms with Gasteiger partial charge >= 0.3 is 0 Å². The highest BCUT2D eigenvalue weighted by Crippen LogP contribution is 2.14. The first kappa shape index (κ1) is 48.8. The summed E-state index contributed by atoms with van der Waals surface area (Å²) in [6.07, 6.45) is 60.5. The largest absolute Gasteiger partial charge is 1.00 e. The van der Waals surface area contributed by atoms with Crippen molar-refractivity contribution < 1.29 is 43.8 Å². The Morgan fingerprint density at radius 2 is 0.667 bits per heavy atom. The van der Waals surface area contributed by atoms with Crippen molar-refractivity contribution in [1.29, 1.82) is 0 Å². The molecule has 4 nitrogen and oxygen atoms in total. The van der Waals surface area contributed by atoms with Gasteiger partial charge in [-0.3, -0.25) is 9.80 Å². The van der Waals surface area contributed by atoms with Gasteiger partial charge in [0.25, 0.3) is 0 Å². The number of rotatable bonds is 32. The van der Waals surface area contributed by atoms with Crippen LogP contribution in [0.1, 0.15) is 167 Å². The summed E-state index contributed by atoms with van der Waals surface area (Å²) in [4.78, 5) is 11.0. The highest BCUT2D eigenvalue weighted by atomic mass is 79.9. The molecular weight excluding hydrogens is 720 g/mol. The molecule has 276 valence electrons. The van der Waals surface area contributed by atoms with E-state index in [1.165, 1.54) is 190 Å². The maximum Gasteiger partial charge on any atom is 0.193 e. The van der Waals surface area contributed by atoms with E-state index in [2.05, 4.69) is 59.8 Å². The fourth-order valence-electron chi connectivity index (χ4n) is 6.04. The van der Waals surface area contributed by atoms with Crippen LogP contribution in [0, 0.1) is 0 Å². The Balaban J connectivity index is 0. The van der Waals surface area contributed by atoms with E-state index in [-0.39, 0.29) is 34.0 Å². The summed E-state index contributed by atoms with van der Waals surface area (Å²) in [6, 6.07) is 0. The third-order valence-corrected chi connectivity index (χ3v) is 8.95. The second-order valence-electron chi connectivity index (χ2n) is 13.2. The Morgan fingerprint density at radius 3 is 0.917 bits per heavy atom. The molecule has 0 saturated carbocycles. The van der Waals surface area contributed by atoms with E-state index in [4.69, 9.17) is 0 Å². The zero-order valence-corrected chi connectivity index (χ0v) is 34.0. The number of aliphatic imine (C=N–C) groups is 2. The molecular formula is C42H74Br2N4. The lowest BCUT2D eigenvalue weighted by Crippen LogP contribution is -3.05. The third-order valence-electron chi connectivity index (χ3n) is 8.95. The molecule has 0 spiro atoms. The Labute approximate surface area is 319 Å². The van der Waals surface area contributed by atoms with E-state index in [0.717, 1.165) is 0 Å². The third kappa shape index (κ3) is 36.0. The van der Waals surface area contributed by atoms with Gasteiger partial charge in [0.05, 0.1) is 25.5 Å². The van der Waals surface area contributed by atoms with Gasteiger partial charge in [0.2, 0.25) is 0 Å². The zero-order valence-electron chi connectivity index (χ0n) is 30.8. The molecule has 0 aliphatic carbocycles. The van der Waals surface area contributed by atoms with Crippen LogP contribution in [0.15, 0.2) is 84.4 Å². The number of allylic oxidation sites excluding steroid dienone is 6. The summed E-state index contributed by atoms with van der Waals surface area (Å²) in [5.74, 6) is 0. The highest BCUT2D eigenvalue weighted by molar-refractivity contribution is 5.47. The molecule has 0 saturated heterocycles. The van der Waals surface area contributed by atoms with E-state index < -0.39 is 0 Å². The molecule has 2 N–H and O–H groups in total. The first-order valence-corrected chi connectivity index (χ1v) is 19.5. The summed E-state index contributed by atoms with van der Waals surface area (Å²) in [5, 5.41) is 0. The molecule has 0 aromatic heterocycles. The van der Waals surface area contributed by atoms with Gasteiger partial charge in [0.15, 0.2) is 12.7 Å². The van der Waals surface area contributed by atoms with Crippen molar-refractivity contribution in [2.24, 2.45) is 9.98 Å². The summed E-state index contributed by atoms with van der Waals surface area (Å²) in [7, 11) is 0. The first-order chi connectivity index (χ1) is 22.9. The number of nitrogens with zero attached hydrogens (tertiary/aromatic N) is 2. The number of unbranched alkanes of at least 4 members (excludes halogenated alkanes) is 24. The molecule has 0 aromatic carbocycles. The molecule has 2 atom stereocenters. The average molecular weight is 795 g/mol. The van der Waals surface area contributed by atoms with Gasteiger partial charge in [-0.2, -0.15) is 0 Å². The fraction of sp³-hybridized carbons (Fsp3) is 0.667. The van der Waals surface area contributed by atoms with E-state index in [1.807, 2.05) is 37.2 Å². The lowest BCUT2D eigenvalue weighted by molar-refractivity contribution is -0.736. The second kappa shape index (κ2) is 41.8. The molecule has 2 unspecified atom stereocenters. The van der Waals surface area contributed by atoms with E-state index >= 15 is 0 Å². The van der Waals surface area contributed by atoms with Crippen LogP contribution in [0.5, 0.6) is 0 Å². The highest BCUT2D eigenvalue weighted by Gasteiger charge is 2.05. The smallest absolute Gasteiger partial charge is 0.193 e. The van der Waals surface area contributed by atoms with Crippen LogP contribution in [0.25, 0.3) is 0 Å². The van der Waals surface area contributed by atoms with Crippen LogP contribution < -0.4 is 43.8 Å². The Bertz CT molecular complexity index is 768. The van der Waals surface area contributed by atoms with Gasteiger partial charge in [0.1, 0.15) is 12.4 Å². The monoisotopic (exact) mass is 792 g/mol. The summed E-state index contributed by atoms with van der Waals surface area (Å²) in [5.41, 5.74) is 0. The van der Waals surface area contributed by atoms with Gasteiger partial charge in [-0.05, 0) is 51.4 Å². The Hall–Kier alpha value is -1.34. The molecule has 0 amide bonds. The predicted octanol–water partition coefficient (Wildman–Crippen LogP) is 4.40. The normalized spacial score (nSPS) is 15.9. The summed E-state index contributed by atoms with van der Waals surface area (Å²) < 4.78 is 0. The fourth-order valence-corrected chi connectivity index (χ4v) is 6.04. The first-order valence-electron chi connectivity index (χ1n) is 19.5. The maximum absolute atomic E-state index is 4.11. The van der Waals surface area contributed by atoms with E-state index in [0.29, 0.717) is 0 Å². The minimum absolute atomic E-state index is 0. The van der Waals surface area contributed by atoms with Crippen molar-refractivity contribution in [3.8, 4) is 0 Å². The summed E-state index contributed by atoms with van der Waals surface area (Å²) in [6.45, 7) is 9.79. The molecule has 6 heteroatoms. The van der Waals surface area contributed by atoms with Gasteiger partial charge in [-0.25, -0.2) is 9.98 Å². The van der Waals surface area contributed by atoms with Crippen LogP contribution in [-0.4, -0.2) is 25.8 Å². The van der Waals surface area contributed by atoms with Crippen molar-refractivity contribution in [2.45, 2.75) is 167 Å². The van der Waals surface area contributed by atoms with Crippen LogP contribution >= 0.6 is 0 Å². The number of quaternary nitrogens is 2. The van der Waals surface area contributed by atoms with Crippen molar-refractivity contribution in [3.63, 3.8) is 0 Å². The van der Waals surface area contributed by atoms with Crippen molar-refractivity contribution >= 4 is 12.7 Å². The summed E-state index contributed by atoms with van der Waals surface area (Å²) >= 11 is 0. The van der Waals surface area contributed by atoms with Crippen molar-refractivity contribution in [2.75, 3.05) is 13.1 Å². The standard InChI is InChI=1S/2C21H36N2.2BrH/c2*1-2-3-4-5-6-7-8-9-10-11-12-13-14-15-16-17-19-23-20-18-22-21-23;;/h2*2-4,18,20-21H,1,5-17,19H2;2*1H. The molecule has 2 aliphatic rings. The molecule has 0 radical (unpaired) electrons. The van der Waals surface area contributed by atoms with Crippen LogP contribution in [0.3, 0.4) is 0 Å². The molecule has 2 heterocycles. The molecule has 0 fully saturated rings. The lowest BCUT2D eigenvalue weighted by atomic mass is 10.0. The zero-order chi connectivity index (χ0) is 32.9. The molecule has 2 rings (SSSR count). The predicted molar refractivity (Wildman–Crippen MR) is 206 cm³/mol. The van der Waals surface area contributed by atoms with Crippen LogP contribution in [-0.2, 0) is 0 Å². The Kier molecular flexibility index (Phi) is 42.5. The van der Waals surface area contributed by atoms with E-state index in [1.54, 1.807) is 0 Å². The Morgan fingerprint density at radius 1 is 0.396 bits per heavy atom. The second-order valence-corrected chi connectivity index (χ2v) is 13.2. The molecule has 0 aromatic rings. The van der Waals surface area contributed by atoms with Crippen LogP contribution in [0.2, 0.25) is 0 Å². The SMILES string of the molecule is C=CC=CCCCCCCCCCCCCCC[NH+]1C=CN=C1.C=CC=CCCCCCCCCCCCCCC[NH+]1C=CN=C1.[Br-].[Br-]. The van der Waals surface area contributed by atoms with E-state index in [9.17, 15) is 0 Å².